The number of benzene rings is 1. The Morgan fingerprint density at radius 2 is 2.36 bits per heavy atom. The molecule has 0 aliphatic rings. The first-order valence-electron chi connectivity index (χ1n) is 3.89. The number of phenolic OH excluding ortho intramolecular Hbond substituents is 1. The summed E-state index contributed by atoms with van der Waals surface area (Å²) in [4.78, 5) is 4.45. The van der Waals surface area contributed by atoms with Gasteiger partial charge in [0.15, 0.2) is 5.58 Å². The third-order valence-electron chi connectivity index (χ3n) is 1.76. The van der Waals surface area contributed by atoms with Gasteiger partial charge in [-0.25, -0.2) is 4.98 Å². The third-order valence-corrected chi connectivity index (χ3v) is 2.12. The summed E-state index contributed by atoms with van der Waals surface area (Å²) in [6.45, 7) is 0. The molecule has 1 aromatic heterocycles. The standard InChI is InChI=1S/C9H6N2O2S/c10-2-1-9-11-5-3-6(12)8(14)4-7(5)13-9/h3-4,12,14H,1H2. The van der Waals surface area contributed by atoms with Crippen LogP contribution in [0.4, 0.5) is 0 Å². The topological polar surface area (TPSA) is 70.0 Å². The van der Waals surface area contributed by atoms with Gasteiger partial charge in [-0.2, -0.15) is 5.26 Å². The van der Waals surface area contributed by atoms with Crippen LogP contribution in [-0.2, 0) is 6.42 Å². The number of nitrogens with zero attached hydrogens (tertiary/aromatic N) is 2. The minimum atomic E-state index is 0.0534. The molecule has 1 heterocycles. The van der Waals surface area contributed by atoms with E-state index in [4.69, 9.17) is 9.68 Å². The fourth-order valence-corrected chi connectivity index (χ4v) is 1.32. The molecular formula is C9H6N2O2S. The van der Waals surface area contributed by atoms with E-state index in [-0.39, 0.29) is 12.2 Å². The number of phenols is 1. The summed E-state index contributed by atoms with van der Waals surface area (Å²) >= 11 is 4.03. The molecule has 1 aromatic carbocycles. The summed E-state index contributed by atoms with van der Waals surface area (Å²) in [5, 5.41) is 17.8. The number of oxazole rings is 1. The van der Waals surface area contributed by atoms with Gasteiger partial charge in [0.05, 0.1) is 6.07 Å². The van der Waals surface area contributed by atoms with E-state index in [2.05, 4.69) is 17.6 Å². The molecule has 0 aliphatic carbocycles. The Hall–Kier alpha value is -1.67. The average Bonchev–Trinajstić information content (AvgIpc) is 2.48. The lowest BCUT2D eigenvalue weighted by atomic mass is 10.3. The molecule has 0 saturated carbocycles. The molecule has 0 atom stereocenters. The second-order valence-corrected chi connectivity index (χ2v) is 3.23. The van der Waals surface area contributed by atoms with Crippen molar-refractivity contribution in [1.82, 2.24) is 4.98 Å². The molecule has 0 saturated heterocycles. The van der Waals surface area contributed by atoms with Gasteiger partial charge in [-0.1, -0.05) is 0 Å². The highest BCUT2D eigenvalue weighted by Crippen LogP contribution is 2.27. The molecule has 0 spiro atoms. The number of fused-ring (bicyclic) bond motifs is 1. The lowest BCUT2D eigenvalue weighted by Crippen LogP contribution is -1.77. The SMILES string of the molecule is N#CCc1nc2cc(O)c(S)cc2o1. The smallest absolute Gasteiger partial charge is 0.209 e. The Labute approximate surface area is 85.2 Å². The van der Waals surface area contributed by atoms with Crippen molar-refractivity contribution in [2.75, 3.05) is 0 Å². The Bertz CT molecular complexity index is 488. The van der Waals surface area contributed by atoms with Gasteiger partial charge in [0.25, 0.3) is 0 Å². The minimum Gasteiger partial charge on any atom is -0.507 e. The molecule has 0 unspecified atom stereocenters. The van der Waals surface area contributed by atoms with Crippen molar-refractivity contribution < 1.29 is 9.52 Å². The van der Waals surface area contributed by atoms with Crippen LogP contribution in [0.3, 0.4) is 0 Å². The van der Waals surface area contributed by atoms with Gasteiger partial charge < -0.3 is 9.52 Å². The maximum Gasteiger partial charge on any atom is 0.209 e. The van der Waals surface area contributed by atoms with Gasteiger partial charge in [0.1, 0.15) is 17.7 Å². The molecule has 0 amide bonds. The Balaban J connectivity index is 2.61. The second-order valence-electron chi connectivity index (χ2n) is 2.75. The van der Waals surface area contributed by atoms with E-state index in [9.17, 15) is 5.11 Å². The van der Waals surface area contributed by atoms with Crippen LogP contribution >= 0.6 is 12.6 Å². The van der Waals surface area contributed by atoms with E-state index in [1.165, 1.54) is 6.07 Å². The number of aromatic nitrogens is 1. The number of rotatable bonds is 1. The van der Waals surface area contributed by atoms with Gasteiger partial charge in [-0.15, -0.1) is 12.6 Å². The predicted molar refractivity (Wildman–Crippen MR) is 52.2 cm³/mol. The van der Waals surface area contributed by atoms with E-state index in [1.807, 2.05) is 6.07 Å². The maximum atomic E-state index is 9.33. The number of aromatic hydroxyl groups is 1. The molecule has 0 bridgehead atoms. The quantitative estimate of drug-likeness (QED) is 0.699. The maximum absolute atomic E-state index is 9.33. The van der Waals surface area contributed by atoms with Crippen molar-refractivity contribution >= 4 is 23.7 Å². The van der Waals surface area contributed by atoms with Crippen molar-refractivity contribution in [3.8, 4) is 11.8 Å². The molecule has 0 aliphatic heterocycles. The highest BCUT2D eigenvalue weighted by Gasteiger charge is 2.08. The van der Waals surface area contributed by atoms with Crippen LogP contribution in [0.25, 0.3) is 11.1 Å². The molecule has 0 fully saturated rings. The third kappa shape index (κ3) is 1.40. The molecule has 0 radical (unpaired) electrons. The zero-order chi connectivity index (χ0) is 10.1. The van der Waals surface area contributed by atoms with Crippen molar-refractivity contribution in [1.29, 1.82) is 5.26 Å². The van der Waals surface area contributed by atoms with Crippen LogP contribution in [0, 0.1) is 11.3 Å². The molecule has 1 N–H and O–H groups in total. The van der Waals surface area contributed by atoms with Gasteiger partial charge in [0.2, 0.25) is 5.89 Å². The monoisotopic (exact) mass is 206 g/mol. The van der Waals surface area contributed by atoms with E-state index in [0.29, 0.717) is 21.9 Å². The Kier molecular flexibility index (Phi) is 2.06. The highest BCUT2D eigenvalue weighted by atomic mass is 32.1. The van der Waals surface area contributed by atoms with Crippen LogP contribution in [-0.4, -0.2) is 10.1 Å². The number of thiol groups is 1. The number of nitriles is 1. The first-order chi connectivity index (χ1) is 6.70. The zero-order valence-electron chi connectivity index (χ0n) is 7.06. The molecule has 2 rings (SSSR count). The summed E-state index contributed by atoms with van der Waals surface area (Å²) < 4.78 is 5.25. The molecule has 70 valence electrons. The molecule has 4 nitrogen and oxygen atoms in total. The molecular weight excluding hydrogens is 200 g/mol. The van der Waals surface area contributed by atoms with Gasteiger partial charge in [0, 0.05) is 17.0 Å². The summed E-state index contributed by atoms with van der Waals surface area (Å²) in [6, 6.07) is 4.97. The fraction of sp³-hybridized carbons (Fsp3) is 0.111. The van der Waals surface area contributed by atoms with Gasteiger partial charge in [-0.05, 0) is 0 Å². The van der Waals surface area contributed by atoms with Gasteiger partial charge >= 0.3 is 0 Å². The lowest BCUT2D eigenvalue weighted by Gasteiger charge is -1.94. The lowest BCUT2D eigenvalue weighted by molar-refractivity contribution is 0.463. The largest absolute Gasteiger partial charge is 0.507 e. The minimum absolute atomic E-state index is 0.0534. The van der Waals surface area contributed by atoms with Crippen LogP contribution in [0.5, 0.6) is 5.75 Å². The number of hydrogen-bond acceptors (Lipinski definition) is 5. The van der Waals surface area contributed by atoms with Crippen molar-refractivity contribution in [3.05, 3.63) is 18.0 Å². The molecule has 14 heavy (non-hydrogen) atoms. The first-order valence-corrected chi connectivity index (χ1v) is 4.34. The zero-order valence-corrected chi connectivity index (χ0v) is 7.95. The van der Waals surface area contributed by atoms with E-state index >= 15 is 0 Å². The van der Waals surface area contributed by atoms with Crippen LogP contribution in [0.2, 0.25) is 0 Å². The highest BCUT2D eigenvalue weighted by molar-refractivity contribution is 7.80. The van der Waals surface area contributed by atoms with Crippen molar-refractivity contribution in [2.24, 2.45) is 0 Å². The van der Waals surface area contributed by atoms with E-state index in [1.54, 1.807) is 6.07 Å². The van der Waals surface area contributed by atoms with Crippen LogP contribution in [0.1, 0.15) is 5.89 Å². The fourth-order valence-electron chi connectivity index (χ4n) is 1.14. The van der Waals surface area contributed by atoms with Crippen molar-refractivity contribution in [2.45, 2.75) is 11.3 Å². The second kappa shape index (κ2) is 3.24. The van der Waals surface area contributed by atoms with Gasteiger partial charge in [-0.3, -0.25) is 0 Å². The summed E-state index contributed by atoms with van der Waals surface area (Å²) in [6.07, 6.45) is 0.122. The normalized spacial score (nSPS) is 10.3. The summed E-state index contributed by atoms with van der Waals surface area (Å²) in [5.41, 5.74) is 1.06. The predicted octanol–water partition coefficient (Wildman–Crippen LogP) is 1.89. The Morgan fingerprint density at radius 3 is 3.07 bits per heavy atom. The summed E-state index contributed by atoms with van der Waals surface area (Å²) in [7, 11) is 0. The molecule has 5 heteroatoms. The summed E-state index contributed by atoms with van der Waals surface area (Å²) in [5.74, 6) is 0.401. The average molecular weight is 206 g/mol. The Morgan fingerprint density at radius 1 is 1.57 bits per heavy atom. The van der Waals surface area contributed by atoms with E-state index < -0.39 is 0 Å². The first kappa shape index (κ1) is 8.91. The van der Waals surface area contributed by atoms with Crippen molar-refractivity contribution in [3.63, 3.8) is 0 Å². The van der Waals surface area contributed by atoms with Crippen LogP contribution in [0.15, 0.2) is 21.4 Å². The molecule has 2 aromatic rings. The number of hydrogen-bond donors (Lipinski definition) is 2. The van der Waals surface area contributed by atoms with E-state index in [0.717, 1.165) is 0 Å². The van der Waals surface area contributed by atoms with Crippen LogP contribution < -0.4 is 0 Å².